The smallest absolute Gasteiger partial charge is 0.184 e. The number of nitrogens with zero attached hydrogens (tertiary/aromatic N) is 1. The van der Waals surface area contributed by atoms with Crippen LogP contribution in [0.2, 0.25) is 0 Å². The number of benzene rings is 11. The molecule has 73 heavy (non-hydrogen) atoms. The van der Waals surface area contributed by atoms with Crippen LogP contribution in [0.25, 0.3) is 44.1 Å². The summed E-state index contributed by atoms with van der Waals surface area (Å²) in [6.07, 6.45) is 0. The Balaban J connectivity index is 1.18. The Morgan fingerprint density at radius 1 is 0.329 bits per heavy atom. The lowest BCUT2D eigenvalue weighted by molar-refractivity contribution is 0.310. The lowest BCUT2D eigenvalue weighted by Gasteiger charge is -2.36. The molecule has 0 radical (unpaired) electrons. The molecule has 12 rings (SSSR count). The Morgan fingerprint density at radius 3 is 1.08 bits per heavy atom. The second-order valence-corrected chi connectivity index (χ2v) is 26.1. The molecule has 1 N–H and O–H groups in total. The van der Waals surface area contributed by atoms with Crippen LogP contribution in [0.1, 0.15) is 5.56 Å². The van der Waals surface area contributed by atoms with Crippen molar-refractivity contribution in [2.24, 2.45) is 0 Å². The second kappa shape index (κ2) is 19.7. The van der Waals surface area contributed by atoms with Gasteiger partial charge in [-0.2, -0.15) is 0 Å². The highest BCUT2D eigenvalue weighted by Crippen LogP contribution is 2.41. The summed E-state index contributed by atoms with van der Waals surface area (Å²) in [5.41, 5.74) is 4.10. The molecule has 0 aliphatic carbocycles. The zero-order valence-corrected chi connectivity index (χ0v) is 42.2. The first kappa shape index (κ1) is 45.3. The van der Waals surface area contributed by atoms with Crippen molar-refractivity contribution in [3.8, 4) is 34.0 Å². The zero-order chi connectivity index (χ0) is 49.0. The van der Waals surface area contributed by atoms with Gasteiger partial charge in [-0.05, 0) is 80.7 Å². The Bertz CT molecular complexity index is 3650. The number of hydrogen-bond acceptors (Lipinski definition) is 3. The summed E-state index contributed by atoms with van der Waals surface area (Å²) in [6, 6.07) is 104. The van der Waals surface area contributed by atoms with Crippen molar-refractivity contribution in [1.82, 2.24) is 4.98 Å². The lowest BCUT2D eigenvalue weighted by atomic mass is 9.98. The van der Waals surface area contributed by atoms with Crippen LogP contribution >= 0.6 is 0 Å². The van der Waals surface area contributed by atoms with E-state index in [2.05, 4.69) is 285 Å². The monoisotopic (exact) mass is 969 g/mol. The molecular formula is C68H51NO2Si2. The SMILES string of the molecule is Oc1c([Si](c2ccccc2)(c2ccccc2)c2ccccc2)cc2ccccc2c1-c1cccc(-c2c(OCc3ccccc3)c([Si](c3ccccc3)(c3ccccc3)c3ccccc3)cc3ccccc23)n1. The van der Waals surface area contributed by atoms with Gasteiger partial charge >= 0.3 is 0 Å². The van der Waals surface area contributed by atoms with Gasteiger partial charge in [0.15, 0.2) is 16.1 Å². The van der Waals surface area contributed by atoms with Crippen molar-refractivity contribution in [1.29, 1.82) is 0 Å². The minimum Gasteiger partial charge on any atom is -0.507 e. The third-order valence-electron chi connectivity index (χ3n) is 14.6. The number of aromatic nitrogens is 1. The van der Waals surface area contributed by atoms with E-state index < -0.39 is 16.1 Å². The fourth-order valence-corrected chi connectivity index (χ4v) is 21.2. The van der Waals surface area contributed by atoms with Crippen molar-refractivity contribution in [3.05, 3.63) is 297 Å². The average molecular weight is 970 g/mol. The van der Waals surface area contributed by atoms with Crippen molar-refractivity contribution in [2.45, 2.75) is 6.61 Å². The van der Waals surface area contributed by atoms with Gasteiger partial charge < -0.3 is 9.84 Å². The molecule has 1 aromatic heterocycles. The van der Waals surface area contributed by atoms with E-state index in [1.165, 1.54) is 31.1 Å². The maximum atomic E-state index is 13.6. The van der Waals surface area contributed by atoms with Crippen LogP contribution in [-0.4, -0.2) is 26.2 Å². The van der Waals surface area contributed by atoms with E-state index in [0.29, 0.717) is 17.9 Å². The average Bonchev–Trinajstić information content (AvgIpc) is 3.47. The first-order valence-electron chi connectivity index (χ1n) is 24.9. The van der Waals surface area contributed by atoms with Gasteiger partial charge in [0.1, 0.15) is 18.1 Å². The highest BCUT2D eigenvalue weighted by Gasteiger charge is 2.46. The van der Waals surface area contributed by atoms with E-state index in [1.54, 1.807) is 0 Å². The second-order valence-electron chi connectivity index (χ2n) is 18.6. The summed E-state index contributed by atoms with van der Waals surface area (Å²) in [6.45, 7) is 0.348. The molecule has 0 spiro atoms. The fraction of sp³-hybridized carbons (Fsp3) is 0.0147. The first-order valence-corrected chi connectivity index (χ1v) is 28.9. The van der Waals surface area contributed by atoms with Gasteiger partial charge in [0.25, 0.3) is 0 Å². The minimum absolute atomic E-state index is 0.231. The van der Waals surface area contributed by atoms with Crippen LogP contribution in [0, 0.1) is 0 Å². The van der Waals surface area contributed by atoms with Crippen LogP contribution in [0.4, 0.5) is 0 Å². The molecule has 0 bridgehead atoms. The van der Waals surface area contributed by atoms with Gasteiger partial charge in [-0.1, -0.05) is 279 Å². The van der Waals surface area contributed by atoms with Gasteiger partial charge in [0.05, 0.1) is 17.0 Å². The van der Waals surface area contributed by atoms with Crippen LogP contribution < -0.4 is 46.2 Å². The molecule has 0 unspecified atom stereocenters. The zero-order valence-electron chi connectivity index (χ0n) is 40.2. The summed E-state index contributed by atoms with van der Waals surface area (Å²) in [5, 5.41) is 26.9. The molecule has 0 amide bonds. The molecule has 5 heteroatoms. The molecule has 11 aromatic carbocycles. The van der Waals surface area contributed by atoms with Gasteiger partial charge in [0, 0.05) is 5.56 Å². The normalized spacial score (nSPS) is 11.7. The minimum atomic E-state index is -3.21. The van der Waals surface area contributed by atoms with Gasteiger partial charge in [-0.25, -0.2) is 4.98 Å². The number of hydrogen-bond donors (Lipinski definition) is 1. The number of pyridine rings is 1. The number of aromatic hydroxyl groups is 1. The molecule has 0 fully saturated rings. The number of ether oxygens (including phenoxy) is 1. The summed E-state index contributed by atoms with van der Waals surface area (Å²) in [7, 11) is -6.41. The summed E-state index contributed by atoms with van der Waals surface area (Å²) in [5.74, 6) is 1.02. The highest BCUT2D eigenvalue weighted by atomic mass is 28.3. The van der Waals surface area contributed by atoms with Crippen LogP contribution in [0.15, 0.2) is 291 Å². The topological polar surface area (TPSA) is 42.4 Å². The van der Waals surface area contributed by atoms with E-state index in [4.69, 9.17) is 9.72 Å². The molecule has 0 atom stereocenters. The van der Waals surface area contributed by atoms with Gasteiger partial charge in [0.2, 0.25) is 0 Å². The molecule has 1 heterocycles. The van der Waals surface area contributed by atoms with Crippen LogP contribution in [0.3, 0.4) is 0 Å². The summed E-state index contributed by atoms with van der Waals surface area (Å²) >= 11 is 0. The van der Waals surface area contributed by atoms with E-state index in [-0.39, 0.29) is 5.75 Å². The molecule has 0 aliphatic heterocycles. The maximum absolute atomic E-state index is 13.6. The summed E-state index contributed by atoms with van der Waals surface area (Å²) < 4.78 is 7.49. The molecule has 0 aliphatic rings. The fourth-order valence-electron chi connectivity index (χ4n) is 11.4. The van der Waals surface area contributed by atoms with E-state index in [1.807, 2.05) is 6.07 Å². The number of phenols is 1. The van der Waals surface area contributed by atoms with Crippen molar-refractivity contribution in [2.75, 3.05) is 0 Å². The van der Waals surface area contributed by atoms with Crippen molar-refractivity contribution < 1.29 is 9.84 Å². The molecule has 12 aromatic rings. The van der Waals surface area contributed by atoms with E-state index in [0.717, 1.165) is 54.5 Å². The Kier molecular flexibility index (Phi) is 12.2. The molecule has 3 nitrogen and oxygen atoms in total. The van der Waals surface area contributed by atoms with Crippen molar-refractivity contribution >= 4 is 79.2 Å². The van der Waals surface area contributed by atoms with Crippen LogP contribution in [0.5, 0.6) is 11.5 Å². The largest absolute Gasteiger partial charge is 0.507 e. The molecule has 0 saturated heterocycles. The van der Waals surface area contributed by atoms with Crippen LogP contribution in [-0.2, 0) is 6.61 Å². The first-order chi connectivity index (χ1) is 36.2. The third kappa shape index (κ3) is 7.96. The Hall–Kier alpha value is -8.88. The maximum Gasteiger partial charge on any atom is 0.184 e. The van der Waals surface area contributed by atoms with Gasteiger partial charge in [-0.3, -0.25) is 0 Å². The van der Waals surface area contributed by atoms with Crippen molar-refractivity contribution in [3.63, 3.8) is 0 Å². The predicted octanol–water partition coefficient (Wildman–Crippen LogP) is 10.8. The van der Waals surface area contributed by atoms with E-state index in [9.17, 15) is 5.11 Å². The molecular weight excluding hydrogens is 919 g/mol. The quantitative estimate of drug-likeness (QED) is 0.0925. The Morgan fingerprint density at radius 2 is 0.658 bits per heavy atom. The lowest BCUT2D eigenvalue weighted by Crippen LogP contribution is -2.75. The third-order valence-corrected chi connectivity index (χ3v) is 24.1. The number of rotatable bonds is 13. The molecule has 348 valence electrons. The summed E-state index contributed by atoms with van der Waals surface area (Å²) in [4.78, 5) is 5.76. The number of phenolic OH excluding ortho intramolecular Hbond substituents is 1. The standard InChI is InChI=1S/C68H51NO2Si2/c70-67-63(72(53-31-10-2-11-32-53,54-33-12-3-13-34-54)55-35-14-4-15-36-55)47-51-29-22-24-43-59(51)65(67)61-45-26-46-62(69-61)66-60-44-25-23-30-52(60)48-64(68(66)71-49-50-27-8-1-9-28-50)73(56-37-16-5-17-38-56,57-39-18-6-19-40-57)58-41-20-7-21-42-58/h1-48,70H,49H2. The van der Waals surface area contributed by atoms with E-state index >= 15 is 0 Å². The Labute approximate surface area is 429 Å². The highest BCUT2D eigenvalue weighted by molar-refractivity contribution is 7.21. The molecule has 0 saturated carbocycles. The predicted molar refractivity (Wildman–Crippen MR) is 310 cm³/mol. The van der Waals surface area contributed by atoms with Gasteiger partial charge in [-0.15, -0.1) is 0 Å². The number of fused-ring (bicyclic) bond motifs is 2.